The van der Waals surface area contributed by atoms with Crippen LogP contribution in [-0.2, 0) is 0 Å². The third kappa shape index (κ3) is 3.61. The van der Waals surface area contributed by atoms with E-state index in [0.29, 0.717) is 50.4 Å². The Labute approximate surface area is 227 Å². The summed E-state index contributed by atoms with van der Waals surface area (Å²) in [5.41, 5.74) is 4.80. The van der Waals surface area contributed by atoms with Crippen LogP contribution in [0.4, 0.5) is 0 Å². The van der Waals surface area contributed by atoms with Crippen LogP contribution in [0.15, 0.2) is 99.5 Å². The number of halogens is 3. The smallest absolute Gasteiger partial charge is 0.220 e. The molecule has 0 radical (unpaired) electrons. The van der Waals surface area contributed by atoms with Crippen LogP contribution in [0.25, 0.3) is 66.6 Å². The summed E-state index contributed by atoms with van der Waals surface area (Å²) in [6, 6.07) is 22.6. The standard InChI is InChI=1S/C27H12Br3N3O3/c28-16-4-7-19-25-13(16)1-10-22(31-25)34-20-8-5-17(29)14-3-12-24(33-26(14)20)36-21-9-6-18(30)15-2-11-23(35-19)32-27(15)21/h1-12H. The predicted molar refractivity (Wildman–Crippen MR) is 151 cm³/mol. The molecule has 6 bridgehead atoms. The first-order valence-electron chi connectivity index (χ1n) is 10.8. The van der Waals surface area contributed by atoms with Crippen LogP contribution < -0.4 is 0 Å². The van der Waals surface area contributed by atoms with E-state index >= 15 is 0 Å². The van der Waals surface area contributed by atoms with Crippen LogP contribution in [0.5, 0.6) is 0 Å². The zero-order valence-electron chi connectivity index (χ0n) is 18.1. The lowest BCUT2D eigenvalue weighted by atomic mass is 10.2. The predicted octanol–water partition coefficient (Wildman–Crippen LogP) is 9.54. The van der Waals surface area contributed by atoms with Gasteiger partial charge < -0.3 is 13.3 Å². The molecule has 0 aliphatic heterocycles. The van der Waals surface area contributed by atoms with E-state index in [9.17, 15) is 0 Å². The van der Waals surface area contributed by atoms with Crippen molar-refractivity contribution in [3.8, 4) is 0 Å². The minimum Gasteiger partial charge on any atom is -0.437 e. The van der Waals surface area contributed by atoms with Crippen LogP contribution in [0.1, 0.15) is 0 Å². The lowest BCUT2D eigenvalue weighted by Gasteiger charge is -2.03. The number of rotatable bonds is 0. The second-order valence-electron chi connectivity index (χ2n) is 8.08. The lowest BCUT2D eigenvalue weighted by molar-refractivity contribution is 0.637. The average Bonchev–Trinajstić information content (AvgIpc) is 2.89. The number of hydrogen-bond donors (Lipinski definition) is 0. The van der Waals surface area contributed by atoms with Gasteiger partial charge in [0.2, 0.25) is 17.1 Å². The van der Waals surface area contributed by atoms with Gasteiger partial charge in [-0.15, -0.1) is 0 Å². The van der Waals surface area contributed by atoms with Crippen molar-refractivity contribution in [2.75, 3.05) is 0 Å². The van der Waals surface area contributed by atoms with Gasteiger partial charge in [0, 0.05) is 47.8 Å². The third-order valence-corrected chi connectivity index (χ3v) is 7.94. The molecule has 0 amide bonds. The fraction of sp³-hybridized carbons (Fsp3) is 0. The minimum atomic E-state index is 0.410. The molecule has 0 fully saturated rings. The number of hydrogen-bond acceptors (Lipinski definition) is 6. The van der Waals surface area contributed by atoms with E-state index < -0.39 is 0 Å². The summed E-state index contributed by atoms with van der Waals surface area (Å²) < 4.78 is 21.5. The molecule has 4 aromatic heterocycles. The van der Waals surface area contributed by atoms with Gasteiger partial charge in [0.05, 0.1) is 0 Å². The fourth-order valence-corrected chi connectivity index (χ4v) is 5.53. The van der Waals surface area contributed by atoms with Crippen molar-refractivity contribution in [2.45, 2.75) is 0 Å². The molecule has 0 aliphatic rings. The van der Waals surface area contributed by atoms with Gasteiger partial charge in [-0.25, -0.2) is 15.0 Å². The highest BCUT2D eigenvalue weighted by Gasteiger charge is 2.10. The monoisotopic (exact) mass is 663 g/mol. The van der Waals surface area contributed by atoms with Crippen molar-refractivity contribution in [3.63, 3.8) is 0 Å². The Balaban J connectivity index is 1.77. The molecule has 36 heavy (non-hydrogen) atoms. The summed E-state index contributed by atoms with van der Waals surface area (Å²) in [7, 11) is 0. The summed E-state index contributed by atoms with van der Waals surface area (Å²) >= 11 is 10.8. The van der Waals surface area contributed by atoms with Gasteiger partial charge in [-0.3, -0.25) is 0 Å². The number of fused-ring (bicyclic) bond motifs is 3. The Hall–Kier alpha value is -3.27. The third-order valence-electron chi connectivity index (χ3n) is 5.87. The van der Waals surface area contributed by atoms with Gasteiger partial charge in [0.15, 0.2) is 16.7 Å². The first kappa shape index (κ1) is 22.0. The van der Waals surface area contributed by atoms with Crippen molar-refractivity contribution < 1.29 is 13.3 Å². The molecule has 0 aliphatic carbocycles. The Bertz CT molecular complexity index is 1870. The molecule has 9 heteroatoms. The number of nitrogens with zero attached hydrogens (tertiary/aromatic N) is 3. The van der Waals surface area contributed by atoms with E-state index in [1.807, 2.05) is 72.8 Å². The summed E-state index contributed by atoms with van der Waals surface area (Å²) in [6.45, 7) is 0. The fourth-order valence-electron chi connectivity index (χ4n) is 4.17. The molecule has 7 aromatic rings. The molecular formula is C27H12Br3N3O3. The van der Waals surface area contributed by atoms with Gasteiger partial charge in [-0.2, -0.15) is 0 Å². The number of pyridine rings is 3. The summed E-state index contributed by atoms with van der Waals surface area (Å²) in [5, 5.41) is 2.66. The first-order valence-corrected chi connectivity index (χ1v) is 13.2. The SMILES string of the molecule is Brc1ccc2oc3ccc4c(Br)ccc(oc5ccc6c(Br)ccc(oc7ccc1c2n7)c6n5)c4n3. The Kier molecular flexibility index (Phi) is 5.13. The van der Waals surface area contributed by atoms with E-state index in [4.69, 9.17) is 28.2 Å². The number of benzene rings is 3. The topological polar surface area (TPSA) is 78.1 Å². The van der Waals surface area contributed by atoms with Crippen LogP contribution in [0, 0.1) is 0 Å². The lowest BCUT2D eigenvalue weighted by Crippen LogP contribution is -1.84. The normalized spacial score (nSPS) is 11.8. The molecule has 7 rings (SSSR count). The Morgan fingerprint density at radius 3 is 1.00 bits per heavy atom. The van der Waals surface area contributed by atoms with Gasteiger partial charge in [0.1, 0.15) is 16.6 Å². The summed E-state index contributed by atoms with van der Waals surface area (Å²) in [4.78, 5) is 14.4. The van der Waals surface area contributed by atoms with E-state index in [1.165, 1.54) is 0 Å². The zero-order valence-corrected chi connectivity index (χ0v) is 22.9. The number of aromatic nitrogens is 3. The highest BCUT2D eigenvalue weighted by atomic mass is 79.9. The molecule has 0 spiro atoms. The van der Waals surface area contributed by atoms with Crippen LogP contribution >= 0.6 is 47.8 Å². The first-order chi connectivity index (χ1) is 17.5. The van der Waals surface area contributed by atoms with Gasteiger partial charge in [-0.05, 0) is 54.6 Å². The molecule has 0 unspecified atom stereocenters. The molecule has 0 saturated heterocycles. The quantitative estimate of drug-likeness (QED) is 0.161. The second kappa shape index (κ2) is 8.40. The van der Waals surface area contributed by atoms with Crippen LogP contribution in [0.3, 0.4) is 0 Å². The molecule has 0 atom stereocenters. The largest absolute Gasteiger partial charge is 0.437 e. The van der Waals surface area contributed by atoms with Crippen molar-refractivity contribution in [1.29, 1.82) is 0 Å². The maximum atomic E-state index is 6.25. The van der Waals surface area contributed by atoms with Crippen LogP contribution in [-0.4, -0.2) is 15.0 Å². The molecule has 3 aromatic carbocycles. The molecular weight excluding hydrogens is 654 g/mol. The summed E-state index contributed by atoms with van der Waals surface area (Å²) in [5.74, 6) is 0. The minimum absolute atomic E-state index is 0.410. The Morgan fingerprint density at radius 1 is 0.389 bits per heavy atom. The second-order valence-corrected chi connectivity index (χ2v) is 10.6. The highest BCUT2D eigenvalue weighted by Crippen LogP contribution is 2.31. The maximum absolute atomic E-state index is 6.25. The molecule has 174 valence electrons. The average molecular weight is 666 g/mol. The Morgan fingerprint density at radius 2 is 0.694 bits per heavy atom. The van der Waals surface area contributed by atoms with E-state index in [1.54, 1.807) is 0 Å². The van der Waals surface area contributed by atoms with Crippen molar-refractivity contribution in [1.82, 2.24) is 15.0 Å². The highest BCUT2D eigenvalue weighted by molar-refractivity contribution is 9.11. The van der Waals surface area contributed by atoms with Crippen molar-refractivity contribution in [2.24, 2.45) is 0 Å². The zero-order chi connectivity index (χ0) is 24.4. The summed E-state index contributed by atoms with van der Waals surface area (Å²) in [6.07, 6.45) is 0. The van der Waals surface area contributed by atoms with E-state index in [0.717, 1.165) is 29.6 Å². The molecule has 0 N–H and O–H groups in total. The van der Waals surface area contributed by atoms with E-state index in [2.05, 4.69) is 47.8 Å². The van der Waals surface area contributed by atoms with Crippen LogP contribution in [0.2, 0.25) is 0 Å². The maximum Gasteiger partial charge on any atom is 0.220 e. The molecule has 0 saturated carbocycles. The van der Waals surface area contributed by atoms with Gasteiger partial charge in [0.25, 0.3) is 0 Å². The van der Waals surface area contributed by atoms with Gasteiger partial charge >= 0.3 is 0 Å². The molecule has 6 nitrogen and oxygen atoms in total. The van der Waals surface area contributed by atoms with Gasteiger partial charge in [-0.1, -0.05) is 47.8 Å². The van der Waals surface area contributed by atoms with Crippen molar-refractivity contribution in [3.05, 3.63) is 86.2 Å². The van der Waals surface area contributed by atoms with Crippen molar-refractivity contribution >= 4 is 114 Å². The van der Waals surface area contributed by atoms with E-state index in [-0.39, 0.29) is 0 Å². The molecule has 4 heterocycles.